The van der Waals surface area contributed by atoms with Crippen molar-refractivity contribution in [2.24, 2.45) is 11.7 Å². The zero-order valence-corrected chi connectivity index (χ0v) is 15.5. The summed E-state index contributed by atoms with van der Waals surface area (Å²) in [5.41, 5.74) is 9.20. The van der Waals surface area contributed by atoms with Gasteiger partial charge in [0.05, 0.1) is 6.04 Å². The van der Waals surface area contributed by atoms with Crippen molar-refractivity contribution in [2.45, 2.75) is 25.3 Å². The van der Waals surface area contributed by atoms with E-state index in [0.717, 1.165) is 43.5 Å². The van der Waals surface area contributed by atoms with Crippen LogP contribution in [0.5, 0.6) is 0 Å². The van der Waals surface area contributed by atoms with E-state index in [2.05, 4.69) is 12.1 Å². The molecule has 1 saturated heterocycles. The van der Waals surface area contributed by atoms with Gasteiger partial charge in [0.2, 0.25) is 0 Å². The summed E-state index contributed by atoms with van der Waals surface area (Å²) in [6.07, 6.45) is 2.93. The van der Waals surface area contributed by atoms with Crippen LogP contribution < -0.4 is 5.73 Å². The Morgan fingerprint density at radius 2 is 1.89 bits per heavy atom. The SMILES string of the molecule is NC[C@H]1CCCN(C(=O)N2CCc3ccccc3[C@@H]2c2ccc(F)cc2)C1. The molecule has 4 rings (SSSR count). The zero-order chi connectivity index (χ0) is 18.8. The van der Waals surface area contributed by atoms with Crippen molar-refractivity contribution in [3.8, 4) is 0 Å². The number of piperidine rings is 1. The number of carbonyl (C=O) groups excluding carboxylic acids is 1. The van der Waals surface area contributed by atoms with Crippen LogP contribution in [0.3, 0.4) is 0 Å². The van der Waals surface area contributed by atoms with Crippen molar-refractivity contribution in [3.05, 3.63) is 71.0 Å². The second-order valence-corrected chi connectivity index (χ2v) is 7.57. The maximum Gasteiger partial charge on any atom is 0.320 e. The molecule has 1 fully saturated rings. The number of halogens is 1. The molecule has 2 aliphatic rings. The Morgan fingerprint density at radius 3 is 2.67 bits per heavy atom. The molecular formula is C22H26FN3O. The zero-order valence-electron chi connectivity index (χ0n) is 15.5. The van der Waals surface area contributed by atoms with Gasteiger partial charge in [0.15, 0.2) is 0 Å². The normalized spacial score (nSPS) is 22.4. The van der Waals surface area contributed by atoms with Crippen LogP contribution in [-0.4, -0.2) is 42.0 Å². The van der Waals surface area contributed by atoms with Crippen LogP contribution in [0, 0.1) is 11.7 Å². The van der Waals surface area contributed by atoms with Crippen molar-refractivity contribution < 1.29 is 9.18 Å². The molecule has 0 radical (unpaired) electrons. The highest BCUT2D eigenvalue weighted by atomic mass is 19.1. The summed E-state index contributed by atoms with van der Waals surface area (Å²) in [6.45, 7) is 2.79. The second kappa shape index (κ2) is 7.69. The van der Waals surface area contributed by atoms with E-state index < -0.39 is 0 Å². The summed E-state index contributed by atoms with van der Waals surface area (Å²) in [5, 5.41) is 0. The first kappa shape index (κ1) is 18.0. The first-order valence-corrected chi connectivity index (χ1v) is 9.76. The number of rotatable bonds is 2. The molecule has 0 bridgehead atoms. The Hall–Kier alpha value is -2.40. The number of fused-ring (bicyclic) bond motifs is 1. The number of nitrogens with two attached hydrogens (primary N) is 1. The minimum atomic E-state index is -0.262. The third-order valence-corrected chi connectivity index (χ3v) is 5.84. The van der Waals surface area contributed by atoms with Crippen molar-refractivity contribution in [3.63, 3.8) is 0 Å². The highest BCUT2D eigenvalue weighted by Crippen LogP contribution is 2.36. The first-order chi connectivity index (χ1) is 13.2. The third kappa shape index (κ3) is 3.56. The molecule has 2 aliphatic heterocycles. The van der Waals surface area contributed by atoms with Gasteiger partial charge in [-0.3, -0.25) is 0 Å². The maximum atomic E-state index is 13.5. The number of benzene rings is 2. The molecule has 142 valence electrons. The number of amides is 2. The number of hydrogen-bond donors (Lipinski definition) is 1. The molecular weight excluding hydrogens is 341 g/mol. The van der Waals surface area contributed by atoms with Crippen LogP contribution >= 0.6 is 0 Å². The Morgan fingerprint density at radius 1 is 1.11 bits per heavy atom. The molecule has 2 aromatic carbocycles. The summed E-state index contributed by atoms with van der Waals surface area (Å²) in [5.74, 6) is 0.117. The summed E-state index contributed by atoms with van der Waals surface area (Å²) < 4.78 is 13.5. The van der Waals surface area contributed by atoms with Gasteiger partial charge in [-0.2, -0.15) is 0 Å². The average Bonchev–Trinajstić information content (AvgIpc) is 2.73. The molecule has 4 nitrogen and oxygen atoms in total. The number of carbonyl (C=O) groups is 1. The molecule has 0 unspecified atom stereocenters. The largest absolute Gasteiger partial charge is 0.330 e. The summed E-state index contributed by atoms with van der Waals surface area (Å²) in [7, 11) is 0. The van der Waals surface area contributed by atoms with Crippen molar-refractivity contribution in [2.75, 3.05) is 26.2 Å². The van der Waals surface area contributed by atoms with Crippen LogP contribution in [0.1, 0.15) is 35.6 Å². The Kier molecular flexibility index (Phi) is 5.12. The van der Waals surface area contributed by atoms with E-state index in [0.29, 0.717) is 19.0 Å². The van der Waals surface area contributed by atoms with Crippen LogP contribution in [-0.2, 0) is 6.42 Å². The fourth-order valence-electron chi connectivity index (χ4n) is 4.39. The van der Waals surface area contributed by atoms with Gasteiger partial charge in [-0.05, 0) is 60.5 Å². The molecule has 2 atom stereocenters. The Bertz CT molecular complexity index is 807. The fraction of sp³-hybridized carbons (Fsp3) is 0.409. The number of nitrogens with zero attached hydrogens (tertiary/aromatic N) is 2. The van der Waals surface area contributed by atoms with E-state index in [1.165, 1.54) is 17.7 Å². The van der Waals surface area contributed by atoms with E-state index >= 15 is 0 Å². The lowest BCUT2D eigenvalue weighted by Crippen LogP contribution is -2.51. The lowest BCUT2D eigenvalue weighted by Gasteiger charge is -2.42. The molecule has 0 aromatic heterocycles. The minimum Gasteiger partial charge on any atom is -0.330 e. The Balaban J connectivity index is 1.68. The summed E-state index contributed by atoms with van der Waals surface area (Å²) >= 11 is 0. The van der Waals surface area contributed by atoms with E-state index in [4.69, 9.17) is 5.73 Å². The van der Waals surface area contributed by atoms with E-state index in [1.54, 1.807) is 12.1 Å². The van der Waals surface area contributed by atoms with E-state index in [1.807, 2.05) is 21.9 Å². The van der Waals surface area contributed by atoms with Gasteiger partial charge in [-0.15, -0.1) is 0 Å². The summed E-state index contributed by atoms with van der Waals surface area (Å²) in [4.78, 5) is 17.3. The van der Waals surface area contributed by atoms with Gasteiger partial charge in [-0.1, -0.05) is 36.4 Å². The predicted molar refractivity (Wildman–Crippen MR) is 104 cm³/mol. The number of likely N-dealkylation sites (tertiary alicyclic amines) is 1. The van der Waals surface area contributed by atoms with Crippen LogP contribution in [0.2, 0.25) is 0 Å². The van der Waals surface area contributed by atoms with Gasteiger partial charge in [0.25, 0.3) is 0 Å². The summed E-state index contributed by atoms with van der Waals surface area (Å²) in [6, 6.07) is 14.7. The topological polar surface area (TPSA) is 49.6 Å². The van der Waals surface area contributed by atoms with E-state index in [-0.39, 0.29) is 17.9 Å². The van der Waals surface area contributed by atoms with Gasteiger partial charge >= 0.3 is 6.03 Å². The van der Waals surface area contributed by atoms with Crippen LogP contribution in [0.4, 0.5) is 9.18 Å². The van der Waals surface area contributed by atoms with E-state index in [9.17, 15) is 9.18 Å². The molecule has 2 heterocycles. The molecule has 2 amide bonds. The monoisotopic (exact) mass is 367 g/mol. The number of urea groups is 1. The lowest BCUT2D eigenvalue weighted by molar-refractivity contribution is 0.117. The predicted octanol–water partition coefficient (Wildman–Crippen LogP) is 3.56. The average molecular weight is 367 g/mol. The Labute approximate surface area is 159 Å². The van der Waals surface area contributed by atoms with Gasteiger partial charge < -0.3 is 15.5 Å². The third-order valence-electron chi connectivity index (χ3n) is 5.84. The molecule has 0 spiro atoms. The second-order valence-electron chi connectivity index (χ2n) is 7.57. The molecule has 0 saturated carbocycles. The lowest BCUT2D eigenvalue weighted by atomic mass is 9.88. The van der Waals surface area contributed by atoms with Gasteiger partial charge in [0.1, 0.15) is 5.82 Å². The van der Waals surface area contributed by atoms with Crippen LogP contribution in [0.25, 0.3) is 0 Å². The molecule has 27 heavy (non-hydrogen) atoms. The highest BCUT2D eigenvalue weighted by Gasteiger charge is 2.35. The van der Waals surface area contributed by atoms with Crippen molar-refractivity contribution in [1.29, 1.82) is 0 Å². The molecule has 2 aromatic rings. The standard InChI is InChI=1S/C22H26FN3O/c23-19-9-7-18(8-10-19)21-20-6-2-1-5-17(20)11-13-26(21)22(27)25-12-3-4-16(14-24)15-25/h1-2,5-10,16,21H,3-4,11-15,24H2/t16-,21+/m1/s1. The fourth-order valence-corrected chi connectivity index (χ4v) is 4.39. The molecule has 5 heteroatoms. The van der Waals surface area contributed by atoms with Crippen molar-refractivity contribution in [1.82, 2.24) is 9.80 Å². The minimum absolute atomic E-state index is 0.0666. The van der Waals surface area contributed by atoms with Crippen LogP contribution in [0.15, 0.2) is 48.5 Å². The number of hydrogen-bond acceptors (Lipinski definition) is 2. The highest BCUT2D eigenvalue weighted by molar-refractivity contribution is 5.76. The molecule has 2 N–H and O–H groups in total. The first-order valence-electron chi connectivity index (χ1n) is 9.76. The van der Waals surface area contributed by atoms with Crippen molar-refractivity contribution >= 4 is 6.03 Å². The smallest absolute Gasteiger partial charge is 0.320 e. The van der Waals surface area contributed by atoms with Gasteiger partial charge in [0, 0.05) is 19.6 Å². The quantitative estimate of drug-likeness (QED) is 0.882. The van der Waals surface area contributed by atoms with Gasteiger partial charge in [-0.25, -0.2) is 9.18 Å². The maximum absolute atomic E-state index is 13.5. The molecule has 0 aliphatic carbocycles.